The topological polar surface area (TPSA) is 69.6 Å². The fraction of sp³-hybridized carbons (Fsp3) is 0.333. The third-order valence-electron chi connectivity index (χ3n) is 2.53. The van der Waals surface area contributed by atoms with E-state index in [9.17, 15) is 9.59 Å². The Morgan fingerprint density at radius 3 is 3.00 bits per heavy atom. The molecular weight excluding hydrogens is 252 g/mol. The van der Waals surface area contributed by atoms with E-state index in [0.717, 1.165) is 5.69 Å². The molecule has 0 saturated heterocycles. The normalized spacial score (nSPS) is 14.1. The molecule has 1 aromatic rings. The molecule has 0 unspecified atom stereocenters. The van der Waals surface area contributed by atoms with Gasteiger partial charge >= 0.3 is 0 Å². The van der Waals surface area contributed by atoms with E-state index >= 15 is 0 Å². The number of aliphatic hydroxyl groups excluding tert-OH is 1. The van der Waals surface area contributed by atoms with Gasteiger partial charge in [-0.2, -0.15) is 0 Å². The smallest absolute Gasteiger partial charge is 0.244 e. The summed E-state index contributed by atoms with van der Waals surface area (Å²) in [7, 11) is 0. The lowest BCUT2D eigenvalue weighted by Gasteiger charge is -2.29. The summed E-state index contributed by atoms with van der Waals surface area (Å²) in [6, 6.07) is 7.22. The largest absolute Gasteiger partial charge is 0.396 e. The average molecular weight is 266 g/mol. The van der Waals surface area contributed by atoms with Crippen molar-refractivity contribution in [1.29, 1.82) is 0 Å². The van der Waals surface area contributed by atoms with E-state index in [1.807, 2.05) is 18.2 Å². The fourth-order valence-electron chi connectivity index (χ4n) is 1.76. The second kappa shape index (κ2) is 5.88. The predicted molar refractivity (Wildman–Crippen MR) is 71.8 cm³/mol. The van der Waals surface area contributed by atoms with Gasteiger partial charge in [0.2, 0.25) is 11.8 Å². The van der Waals surface area contributed by atoms with Crippen LogP contribution in [0.2, 0.25) is 0 Å². The molecule has 2 N–H and O–H groups in total. The summed E-state index contributed by atoms with van der Waals surface area (Å²) >= 11 is 1.36. The molecule has 2 rings (SSSR count). The molecule has 0 saturated carbocycles. The van der Waals surface area contributed by atoms with E-state index < -0.39 is 0 Å². The van der Waals surface area contributed by atoms with Crippen LogP contribution in [0, 0.1) is 0 Å². The lowest BCUT2D eigenvalue weighted by atomic mass is 10.2. The van der Waals surface area contributed by atoms with E-state index in [1.54, 1.807) is 6.07 Å². The summed E-state index contributed by atoms with van der Waals surface area (Å²) in [6.45, 7) is 0.102. The number of benzene rings is 1. The molecule has 1 aliphatic rings. The second-order valence-electron chi connectivity index (χ2n) is 3.82. The Hall–Kier alpha value is -1.53. The molecule has 0 fully saturated rings. The molecule has 5 nitrogen and oxygen atoms in total. The number of hydrogen-bond donors (Lipinski definition) is 2. The minimum Gasteiger partial charge on any atom is -0.396 e. The maximum Gasteiger partial charge on any atom is 0.244 e. The lowest BCUT2D eigenvalue weighted by Crippen LogP contribution is -2.43. The number of nitrogens with one attached hydrogen (secondary N) is 1. The first-order chi connectivity index (χ1) is 8.72. The number of carbonyl (C=O) groups excluding carboxylic acids is 2. The zero-order valence-electron chi connectivity index (χ0n) is 9.76. The Bertz CT molecular complexity index is 464. The molecule has 6 heteroatoms. The van der Waals surface area contributed by atoms with Crippen molar-refractivity contribution in [3.63, 3.8) is 0 Å². The van der Waals surface area contributed by atoms with Crippen molar-refractivity contribution in [1.82, 2.24) is 0 Å². The van der Waals surface area contributed by atoms with Crippen LogP contribution in [0.1, 0.15) is 0 Å². The zero-order chi connectivity index (χ0) is 13.0. The van der Waals surface area contributed by atoms with E-state index in [-0.39, 0.29) is 30.7 Å². The number of hydrogen-bond acceptors (Lipinski definition) is 4. The summed E-state index contributed by atoms with van der Waals surface area (Å²) in [5.41, 5.74) is 1.39. The monoisotopic (exact) mass is 266 g/mol. The van der Waals surface area contributed by atoms with Gasteiger partial charge in [0, 0.05) is 5.75 Å². The van der Waals surface area contributed by atoms with Crippen molar-refractivity contribution in [3.8, 4) is 0 Å². The molecule has 1 heterocycles. The molecular formula is C12H14N2O3S. The number of rotatable bonds is 4. The highest BCUT2D eigenvalue weighted by molar-refractivity contribution is 7.99. The first-order valence-electron chi connectivity index (χ1n) is 5.60. The quantitative estimate of drug-likeness (QED) is 0.787. The van der Waals surface area contributed by atoms with Crippen LogP contribution in [0.3, 0.4) is 0 Å². The Kier molecular flexibility index (Phi) is 4.22. The van der Waals surface area contributed by atoms with Crippen molar-refractivity contribution in [2.75, 3.05) is 34.9 Å². The van der Waals surface area contributed by atoms with Crippen molar-refractivity contribution in [3.05, 3.63) is 24.3 Å². The van der Waals surface area contributed by atoms with Crippen molar-refractivity contribution >= 4 is 35.0 Å². The Labute approximate surface area is 109 Å². The van der Waals surface area contributed by atoms with E-state index in [4.69, 9.17) is 5.11 Å². The number of thioether (sulfide) groups is 1. The third-order valence-corrected chi connectivity index (χ3v) is 3.46. The van der Waals surface area contributed by atoms with Crippen molar-refractivity contribution in [2.24, 2.45) is 0 Å². The van der Waals surface area contributed by atoms with Crippen LogP contribution in [-0.4, -0.2) is 41.6 Å². The molecule has 0 spiro atoms. The summed E-state index contributed by atoms with van der Waals surface area (Å²) in [6.07, 6.45) is 0. The average Bonchev–Trinajstić information content (AvgIpc) is 2.38. The maximum atomic E-state index is 12.0. The summed E-state index contributed by atoms with van der Waals surface area (Å²) in [5.74, 6) is 0.486. The zero-order valence-corrected chi connectivity index (χ0v) is 10.6. The van der Waals surface area contributed by atoms with Gasteiger partial charge in [0.1, 0.15) is 6.54 Å². The van der Waals surface area contributed by atoms with Crippen LogP contribution in [0.5, 0.6) is 0 Å². The summed E-state index contributed by atoms with van der Waals surface area (Å²) < 4.78 is 0. The SMILES string of the molecule is O=C1CN(C(=O)CSCCO)c2ccccc2N1. The number of fused-ring (bicyclic) bond motifs is 1. The molecule has 1 aliphatic heterocycles. The van der Waals surface area contributed by atoms with Gasteiger partial charge in [-0.25, -0.2) is 0 Å². The number of carbonyl (C=O) groups is 2. The van der Waals surface area contributed by atoms with Crippen molar-refractivity contribution in [2.45, 2.75) is 0 Å². The predicted octanol–water partition coefficient (Wildman–Crippen LogP) is 0.697. The van der Waals surface area contributed by atoms with Gasteiger partial charge in [0.15, 0.2) is 0 Å². The number of anilines is 2. The van der Waals surface area contributed by atoms with Gasteiger partial charge in [-0.3, -0.25) is 9.59 Å². The molecule has 0 radical (unpaired) electrons. The van der Waals surface area contributed by atoms with Crippen LogP contribution < -0.4 is 10.2 Å². The molecule has 0 atom stereocenters. The standard InChI is InChI=1S/C12H14N2O3S/c15-5-6-18-8-12(17)14-7-11(16)13-9-3-1-2-4-10(9)14/h1-4,15H,5-8H2,(H,13,16). The van der Waals surface area contributed by atoms with Crippen LogP contribution in [0.4, 0.5) is 11.4 Å². The number of amides is 2. The van der Waals surface area contributed by atoms with Crippen LogP contribution in [0.25, 0.3) is 0 Å². The molecule has 0 bridgehead atoms. The third kappa shape index (κ3) is 2.83. The summed E-state index contributed by atoms with van der Waals surface area (Å²) in [4.78, 5) is 25.0. The van der Waals surface area contributed by atoms with E-state index in [2.05, 4.69) is 5.32 Å². The lowest BCUT2D eigenvalue weighted by molar-refractivity contribution is -0.120. The first-order valence-corrected chi connectivity index (χ1v) is 6.75. The van der Waals surface area contributed by atoms with Gasteiger partial charge in [-0.05, 0) is 12.1 Å². The molecule has 0 aromatic heterocycles. The van der Waals surface area contributed by atoms with Gasteiger partial charge in [0.05, 0.1) is 23.7 Å². The van der Waals surface area contributed by atoms with Gasteiger partial charge in [-0.15, -0.1) is 11.8 Å². The summed E-state index contributed by atoms with van der Waals surface area (Å²) in [5, 5.41) is 11.4. The number of nitrogens with zero attached hydrogens (tertiary/aromatic N) is 1. The minimum atomic E-state index is -0.186. The Balaban J connectivity index is 2.13. The second-order valence-corrected chi connectivity index (χ2v) is 4.93. The molecule has 2 amide bonds. The molecule has 18 heavy (non-hydrogen) atoms. The van der Waals surface area contributed by atoms with E-state index in [0.29, 0.717) is 11.4 Å². The Morgan fingerprint density at radius 1 is 1.44 bits per heavy atom. The highest BCUT2D eigenvalue weighted by Gasteiger charge is 2.25. The van der Waals surface area contributed by atoms with Crippen LogP contribution in [-0.2, 0) is 9.59 Å². The van der Waals surface area contributed by atoms with E-state index in [1.165, 1.54) is 16.7 Å². The molecule has 1 aromatic carbocycles. The highest BCUT2D eigenvalue weighted by atomic mass is 32.2. The first kappa shape index (κ1) is 12.9. The van der Waals surface area contributed by atoms with Gasteiger partial charge in [0.25, 0.3) is 0 Å². The number of para-hydroxylation sites is 2. The Morgan fingerprint density at radius 2 is 2.22 bits per heavy atom. The fourth-order valence-corrected chi connectivity index (χ4v) is 2.36. The maximum absolute atomic E-state index is 12.0. The van der Waals surface area contributed by atoms with Crippen LogP contribution in [0.15, 0.2) is 24.3 Å². The minimum absolute atomic E-state index is 0.0506. The van der Waals surface area contributed by atoms with Gasteiger partial charge in [-0.1, -0.05) is 12.1 Å². The van der Waals surface area contributed by atoms with Gasteiger partial charge < -0.3 is 15.3 Å². The van der Waals surface area contributed by atoms with Crippen molar-refractivity contribution < 1.29 is 14.7 Å². The van der Waals surface area contributed by atoms with Crippen LogP contribution >= 0.6 is 11.8 Å². The molecule has 0 aliphatic carbocycles. The molecule has 96 valence electrons. The highest BCUT2D eigenvalue weighted by Crippen LogP contribution is 2.29. The number of aliphatic hydroxyl groups is 1.